The van der Waals surface area contributed by atoms with Gasteiger partial charge in [0.15, 0.2) is 5.82 Å². The molecule has 0 spiro atoms. The van der Waals surface area contributed by atoms with Crippen LogP contribution in [0, 0.1) is 5.82 Å². The predicted molar refractivity (Wildman–Crippen MR) is 68.4 cm³/mol. The van der Waals surface area contributed by atoms with E-state index < -0.39 is 17.8 Å². The van der Waals surface area contributed by atoms with Crippen LogP contribution in [0.1, 0.15) is 16.2 Å². The smallest absolute Gasteiger partial charge is 0.335 e. The normalized spacial score (nSPS) is 10.1. The first-order valence-electron chi connectivity index (χ1n) is 5.89. The van der Waals surface area contributed by atoms with Gasteiger partial charge in [0.05, 0.1) is 11.3 Å². The number of halogens is 1. The first-order chi connectivity index (χ1) is 10.1. The van der Waals surface area contributed by atoms with Gasteiger partial charge in [0.1, 0.15) is 5.82 Å². The zero-order chi connectivity index (χ0) is 15.2. The molecular weight excluding hydrogens is 283 g/mol. The van der Waals surface area contributed by atoms with Gasteiger partial charge in [-0.25, -0.2) is 14.0 Å². The number of anilines is 1. The highest BCUT2D eigenvalue weighted by atomic mass is 19.1. The zero-order valence-electron chi connectivity index (χ0n) is 10.7. The zero-order valence-corrected chi connectivity index (χ0v) is 10.7. The summed E-state index contributed by atoms with van der Waals surface area (Å²) in [7, 11) is 0. The summed E-state index contributed by atoms with van der Waals surface area (Å²) in [5, 5.41) is 17.0. The van der Waals surface area contributed by atoms with Crippen LogP contribution in [0.25, 0.3) is 0 Å². The van der Waals surface area contributed by atoms with Crippen molar-refractivity contribution in [3.8, 4) is 0 Å². The molecule has 21 heavy (non-hydrogen) atoms. The number of carboxylic acid groups (broad SMARTS) is 1. The van der Waals surface area contributed by atoms with Gasteiger partial charge in [0.2, 0.25) is 6.39 Å². The molecule has 0 fully saturated rings. The number of benzene rings is 1. The molecule has 2 amide bonds. The average Bonchev–Trinajstić information content (AvgIpc) is 2.94. The lowest BCUT2D eigenvalue weighted by molar-refractivity contribution is 0.0696. The molecule has 1 aromatic heterocycles. The predicted octanol–water partition coefficient (Wildman–Crippen LogP) is 1.27. The van der Waals surface area contributed by atoms with Crippen LogP contribution in [0.15, 0.2) is 29.1 Å². The highest BCUT2D eigenvalue weighted by molar-refractivity contribution is 5.91. The fourth-order valence-corrected chi connectivity index (χ4v) is 1.51. The Morgan fingerprint density at radius 3 is 2.81 bits per heavy atom. The molecule has 3 N–H and O–H groups in total. The Morgan fingerprint density at radius 2 is 2.19 bits per heavy atom. The van der Waals surface area contributed by atoms with Crippen LogP contribution in [0.3, 0.4) is 0 Å². The molecule has 0 radical (unpaired) electrons. The van der Waals surface area contributed by atoms with Crippen molar-refractivity contribution in [3.05, 3.63) is 41.8 Å². The van der Waals surface area contributed by atoms with E-state index >= 15 is 0 Å². The Bertz CT molecular complexity index is 645. The number of aromatic carboxylic acids is 1. The minimum absolute atomic E-state index is 0.114. The second kappa shape index (κ2) is 6.46. The van der Waals surface area contributed by atoms with Gasteiger partial charge in [0.25, 0.3) is 0 Å². The highest BCUT2D eigenvalue weighted by Crippen LogP contribution is 2.15. The number of carbonyl (C=O) groups is 2. The van der Waals surface area contributed by atoms with Gasteiger partial charge < -0.3 is 20.3 Å². The first kappa shape index (κ1) is 14.4. The molecule has 1 heterocycles. The molecule has 0 saturated heterocycles. The van der Waals surface area contributed by atoms with Crippen molar-refractivity contribution in [3.63, 3.8) is 0 Å². The molecule has 0 aliphatic rings. The lowest BCUT2D eigenvalue weighted by atomic mass is 10.2. The summed E-state index contributed by atoms with van der Waals surface area (Å²) in [5.41, 5.74) is -0.312. The van der Waals surface area contributed by atoms with Gasteiger partial charge in [-0.3, -0.25) is 0 Å². The Hall–Kier alpha value is -2.97. The van der Waals surface area contributed by atoms with Crippen molar-refractivity contribution in [1.29, 1.82) is 0 Å². The van der Waals surface area contributed by atoms with E-state index in [2.05, 4.69) is 25.3 Å². The third kappa shape index (κ3) is 4.00. The van der Waals surface area contributed by atoms with Crippen LogP contribution in [-0.2, 0) is 6.42 Å². The maximum absolute atomic E-state index is 13.6. The maximum atomic E-state index is 13.6. The van der Waals surface area contributed by atoms with Crippen LogP contribution in [0.4, 0.5) is 14.9 Å². The van der Waals surface area contributed by atoms with E-state index in [1.165, 1.54) is 18.5 Å². The fourth-order valence-electron chi connectivity index (χ4n) is 1.51. The summed E-state index contributed by atoms with van der Waals surface area (Å²) < 4.78 is 18.1. The van der Waals surface area contributed by atoms with Crippen molar-refractivity contribution in [2.45, 2.75) is 6.42 Å². The van der Waals surface area contributed by atoms with Crippen molar-refractivity contribution in [2.75, 3.05) is 11.9 Å². The van der Waals surface area contributed by atoms with E-state index in [9.17, 15) is 14.0 Å². The number of hydrogen-bond donors (Lipinski definition) is 3. The molecule has 0 atom stereocenters. The number of nitrogens with one attached hydrogen (secondary N) is 2. The van der Waals surface area contributed by atoms with Gasteiger partial charge in [-0.15, -0.1) is 0 Å². The number of rotatable bonds is 5. The quantitative estimate of drug-likeness (QED) is 0.764. The number of nitrogens with zero attached hydrogens (tertiary/aromatic N) is 2. The van der Waals surface area contributed by atoms with E-state index in [1.807, 2.05) is 0 Å². The summed E-state index contributed by atoms with van der Waals surface area (Å²) in [6, 6.07) is 2.58. The van der Waals surface area contributed by atoms with Crippen molar-refractivity contribution >= 4 is 17.7 Å². The third-order valence-corrected chi connectivity index (χ3v) is 2.51. The van der Waals surface area contributed by atoms with E-state index in [-0.39, 0.29) is 17.8 Å². The number of carboxylic acids is 1. The van der Waals surface area contributed by atoms with Crippen LogP contribution in [0.2, 0.25) is 0 Å². The monoisotopic (exact) mass is 294 g/mol. The Balaban J connectivity index is 1.86. The van der Waals surface area contributed by atoms with Gasteiger partial charge in [-0.1, -0.05) is 5.16 Å². The molecule has 0 bridgehead atoms. The van der Waals surface area contributed by atoms with Gasteiger partial charge in [0, 0.05) is 13.0 Å². The number of hydrogen-bond acceptors (Lipinski definition) is 5. The molecule has 0 aliphatic carbocycles. The molecular formula is C12H11FN4O4. The summed E-state index contributed by atoms with van der Waals surface area (Å²) >= 11 is 0. The summed E-state index contributed by atoms with van der Waals surface area (Å²) in [6.07, 6.45) is 1.54. The Morgan fingerprint density at radius 1 is 1.38 bits per heavy atom. The maximum Gasteiger partial charge on any atom is 0.335 e. The second-order valence-electron chi connectivity index (χ2n) is 3.98. The van der Waals surface area contributed by atoms with Crippen LogP contribution in [0.5, 0.6) is 0 Å². The second-order valence-corrected chi connectivity index (χ2v) is 3.98. The van der Waals surface area contributed by atoms with E-state index in [0.29, 0.717) is 12.2 Å². The molecule has 2 rings (SSSR count). The summed E-state index contributed by atoms with van der Waals surface area (Å²) in [5.74, 6) is -1.64. The molecule has 9 heteroatoms. The fraction of sp³-hybridized carbons (Fsp3) is 0.167. The van der Waals surface area contributed by atoms with E-state index in [4.69, 9.17) is 5.11 Å². The van der Waals surface area contributed by atoms with Crippen LogP contribution in [-0.4, -0.2) is 33.8 Å². The molecule has 110 valence electrons. The summed E-state index contributed by atoms with van der Waals surface area (Å²) in [4.78, 5) is 26.0. The minimum atomic E-state index is -1.25. The van der Waals surface area contributed by atoms with Crippen LogP contribution >= 0.6 is 0 Å². The number of aromatic nitrogens is 2. The summed E-state index contributed by atoms with van der Waals surface area (Å²) in [6.45, 7) is 0.236. The molecule has 0 aliphatic heterocycles. The Labute approximate surface area is 118 Å². The minimum Gasteiger partial charge on any atom is -0.478 e. The lowest BCUT2D eigenvalue weighted by Crippen LogP contribution is -2.31. The SMILES string of the molecule is O=C(NCCc1ncon1)Nc1ccc(C(=O)O)cc1F. The molecule has 8 nitrogen and oxygen atoms in total. The standard InChI is InChI=1S/C12H11FN4O4/c13-8-5-7(11(18)19)1-2-9(8)16-12(20)14-4-3-10-15-6-21-17-10/h1-2,5-6H,3-4H2,(H,18,19)(H2,14,16,20). The number of carbonyl (C=O) groups excluding carboxylic acids is 1. The Kier molecular flexibility index (Phi) is 4.44. The molecule has 1 aromatic carbocycles. The first-order valence-corrected chi connectivity index (χ1v) is 5.89. The van der Waals surface area contributed by atoms with Crippen molar-refractivity contribution < 1.29 is 23.6 Å². The third-order valence-electron chi connectivity index (χ3n) is 2.51. The van der Waals surface area contributed by atoms with E-state index in [0.717, 1.165) is 6.07 Å². The molecule has 0 unspecified atom stereocenters. The van der Waals surface area contributed by atoms with E-state index in [1.54, 1.807) is 0 Å². The molecule has 0 saturated carbocycles. The largest absolute Gasteiger partial charge is 0.478 e. The van der Waals surface area contributed by atoms with Crippen LogP contribution < -0.4 is 10.6 Å². The topological polar surface area (TPSA) is 117 Å². The van der Waals surface area contributed by atoms with Gasteiger partial charge in [-0.05, 0) is 18.2 Å². The average molecular weight is 294 g/mol. The van der Waals surface area contributed by atoms with Gasteiger partial charge >= 0.3 is 12.0 Å². The number of amides is 2. The molecule has 2 aromatic rings. The highest BCUT2D eigenvalue weighted by Gasteiger charge is 2.10. The van der Waals surface area contributed by atoms with Gasteiger partial charge in [-0.2, -0.15) is 4.98 Å². The lowest BCUT2D eigenvalue weighted by Gasteiger charge is -2.08. The van der Waals surface area contributed by atoms with Crippen molar-refractivity contribution in [2.24, 2.45) is 0 Å². The van der Waals surface area contributed by atoms with Crippen molar-refractivity contribution in [1.82, 2.24) is 15.5 Å². The number of urea groups is 1.